The second kappa shape index (κ2) is 10.7. The van der Waals surface area contributed by atoms with Crippen LogP contribution >= 0.6 is 0 Å². The summed E-state index contributed by atoms with van der Waals surface area (Å²) in [7, 11) is 0. The van der Waals surface area contributed by atoms with E-state index in [4.69, 9.17) is 9.47 Å². The van der Waals surface area contributed by atoms with Gasteiger partial charge in [-0.25, -0.2) is 9.59 Å². The van der Waals surface area contributed by atoms with Gasteiger partial charge in [-0.15, -0.1) is 0 Å². The van der Waals surface area contributed by atoms with Crippen LogP contribution in [0.2, 0.25) is 0 Å². The molecule has 186 valence electrons. The van der Waals surface area contributed by atoms with Gasteiger partial charge in [0.15, 0.2) is 0 Å². The van der Waals surface area contributed by atoms with Crippen LogP contribution in [0.15, 0.2) is 84.9 Å². The van der Waals surface area contributed by atoms with E-state index < -0.39 is 23.1 Å². The van der Waals surface area contributed by atoms with Gasteiger partial charge in [-0.1, -0.05) is 79.6 Å². The van der Waals surface area contributed by atoms with E-state index in [-0.39, 0.29) is 0 Å². The van der Waals surface area contributed by atoms with E-state index in [1.54, 1.807) is 24.3 Å². The first-order valence-electron chi connectivity index (χ1n) is 13.3. The minimum absolute atomic E-state index is 0.378. The summed E-state index contributed by atoms with van der Waals surface area (Å²) in [5.74, 6) is -0.795. The van der Waals surface area contributed by atoms with E-state index in [9.17, 15) is 9.59 Å². The third-order valence-electron chi connectivity index (χ3n) is 7.83. The normalized spacial score (nSPS) is 18.7. The van der Waals surface area contributed by atoms with Crippen LogP contribution in [-0.2, 0) is 20.7 Å². The van der Waals surface area contributed by atoms with Crippen molar-refractivity contribution in [2.45, 2.75) is 75.4 Å². The molecule has 2 aliphatic carbocycles. The fourth-order valence-electron chi connectivity index (χ4n) is 5.87. The number of esters is 2. The van der Waals surface area contributed by atoms with Gasteiger partial charge in [0.1, 0.15) is 11.2 Å². The highest BCUT2D eigenvalue weighted by atomic mass is 16.6. The van der Waals surface area contributed by atoms with Crippen molar-refractivity contribution in [1.82, 2.24) is 0 Å². The van der Waals surface area contributed by atoms with Crippen molar-refractivity contribution in [2.75, 3.05) is 0 Å². The molecule has 5 rings (SSSR count). The number of carbonyl (C=O) groups excluding carboxylic acids is 2. The number of carbonyl (C=O) groups is 2. The van der Waals surface area contributed by atoms with E-state index in [0.29, 0.717) is 11.1 Å². The highest BCUT2D eigenvalue weighted by Gasteiger charge is 2.39. The van der Waals surface area contributed by atoms with E-state index in [2.05, 4.69) is 0 Å². The number of hydrogen-bond acceptors (Lipinski definition) is 4. The lowest BCUT2D eigenvalue weighted by atomic mass is 9.79. The highest BCUT2D eigenvalue weighted by molar-refractivity contribution is 5.95. The molecule has 36 heavy (non-hydrogen) atoms. The molecule has 3 aromatic carbocycles. The lowest BCUT2D eigenvalue weighted by molar-refractivity contribution is -0.0417. The molecular formula is C32H34O4. The summed E-state index contributed by atoms with van der Waals surface area (Å²) in [6, 6.07) is 26.9. The van der Waals surface area contributed by atoms with Crippen LogP contribution in [0.25, 0.3) is 0 Å². The molecule has 0 aliphatic heterocycles. The Morgan fingerprint density at radius 1 is 0.500 bits per heavy atom. The fraction of sp³-hybridized carbons (Fsp3) is 0.375. The number of ether oxygens (including phenoxy) is 2. The number of hydrogen-bond donors (Lipinski definition) is 0. The monoisotopic (exact) mass is 482 g/mol. The third-order valence-corrected chi connectivity index (χ3v) is 7.83. The highest BCUT2D eigenvalue weighted by Crippen LogP contribution is 2.42. The van der Waals surface area contributed by atoms with Crippen LogP contribution in [0.3, 0.4) is 0 Å². The van der Waals surface area contributed by atoms with E-state index >= 15 is 0 Å². The number of benzene rings is 3. The second-order valence-corrected chi connectivity index (χ2v) is 10.2. The summed E-state index contributed by atoms with van der Waals surface area (Å²) >= 11 is 0. The molecule has 4 heteroatoms. The van der Waals surface area contributed by atoms with Gasteiger partial charge < -0.3 is 9.47 Å². The van der Waals surface area contributed by atoms with Crippen molar-refractivity contribution in [3.63, 3.8) is 0 Å². The lowest BCUT2D eigenvalue weighted by Crippen LogP contribution is -2.35. The molecule has 0 unspecified atom stereocenters. The van der Waals surface area contributed by atoms with Gasteiger partial charge in [0.25, 0.3) is 0 Å². The van der Waals surface area contributed by atoms with Gasteiger partial charge >= 0.3 is 11.9 Å². The fourth-order valence-corrected chi connectivity index (χ4v) is 5.87. The van der Waals surface area contributed by atoms with Gasteiger partial charge in [0.2, 0.25) is 0 Å². The Kier molecular flexibility index (Phi) is 7.22. The van der Waals surface area contributed by atoms with E-state index in [1.807, 2.05) is 60.7 Å². The maximum atomic E-state index is 13.4. The van der Waals surface area contributed by atoms with E-state index in [0.717, 1.165) is 75.3 Å². The largest absolute Gasteiger partial charge is 0.451 e. The SMILES string of the molecule is O=C(OC1(c2ccccc2)CCCCC1)c1cccc(C(=O)OC2(c3ccccc3)CCCCC2)c1. The zero-order valence-corrected chi connectivity index (χ0v) is 20.8. The first-order chi connectivity index (χ1) is 17.6. The molecule has 0 spiro atoms. The number of rotatable bonds is 6. The smallest absolute Gasteiger partial charge is 0.339 e. The Bertz CT molecular complexity index is 1080. The predicted molar refractivity (Wildman–Crippen MR) is 140 cm³/mol. The molecule has 0 radical (unpaired) electrons. The molecule has 4 nitrogen and oxygen atoms in total. The molecule has 0 aromatic heterocycles. The molecule has 2 aliphatic rings. The summed E-state index contributed by atoms with van der Waals surface area (Å²) in [5.41, 5.74) is 1.59. The average Bonchev–Trinajstić information content (AvgIpc) is 2.95. The standard InChI is InChI=1S/C32H34O4/c33-29(35-31(20-9-3-10-21-31)27-16-5-1-6-17-27)25-14-13-15-26(24-25)30(34)36-32(22-11-4-12-23-32)28-18-7-2-8-19-28/h1-2,5-8,13-19,24H,3-4,9-12,20-23H2. The van der Waals surface area contributed by atoms with Crippen molar-refractivity contribution in [3.05, 3.63) is 107 Å². The van der Waals surface area contributed by atoms with Crippen LogP contribution in [0.1, 0.15) is 96.1 Å². The van der Waals surface area contributed by atoms with Crippen molar-refractivity contribution in [1.29, 1.82) is 0 Å². The Morgan fingerprint density at radius 3 is 1.28 bits per heavy atom. The summed E-state index contributed by atoms with van der Waals surface area (Å²) in [4.78, 5) is 26.7. The first-order valence-corrected chi connectivity index (χ1v) is 13.3. The van der Waals surface area contributed by atoms with Gasteiger partial charge in [-0.3, -0.25) is 0 Å². The average molecular weight is 483 g/mol. The molecule has 0 N–H and O–H groups in total. The molecule has 0 saturated heterocycles. The summed E-state index contributed by atoms with van der Waals surface area (Å²) < 4.78 is 12.5. The molecule has 0 atom stereocenters. The maximum Gasteiger partial charge on any atom is 0.339 e. The van der Waals surface area contributed by atoms with Gasteiger partial charge in [0, 0.05) is 0 Å². The Labute approximate surface area is 213 Å². The summed E-state index contributed by atoms with van der Waals surface area (Å²) in [5, 5.41) is 0. The van der Waals surface area contributed by atoms with Gasteiger partial charge in [0.05, 0.1) is 11.1 Å². The van der Waals surface area contributed by atoms with Crippen molar-refractivity contribution in [2.24, 2.45) is 0 Å². The quantitative estimate of drug-likeness (QED) is 0.338. The van der Waals surface area contributed by atoms with Crippen molar-refractivity contribution >= 4 is 11.9 Å². The van der Waals surface area contributed by atoms with E-state index in [1.165, 1.54) is 0 Å². The molecule has 0 amide bonds. The predicted octanol–water partition coefficient (Wildman–Crippen LogP) is 7.72. The molecule has 3 aromatic rings. The molecule has 0 bridgehead atoms. The molecule has 2 fully saturated rings. The lowest BCUT2D eigenvalue weighted by Gasteiger charge is -2.37. The van der Waals surface area contributed by atoms with Crippen LogP contribution in [0.4, 0.5) is 0 Å². The zero-order chi connectivity index (χ0) is 24.8. The van der Waals surface area contributed by atoms with Gasteiger partial charge in [-0.2, -0.15) is 0 Å². The van der Waals surface area contributed by atoms with Crippen LogP contribution in [-0.4, -0.2) is 11.9 Å². The van der Waals surface area contributed by atoms with Gasteiger partial charge in [-0.05, 0) is 80.7 Å². The van der Waals surface area contributed by atoms with Crippen LogP contribution in [0, 0.1) is 0 Å². The van der Waals surface area contributed by atoms with Crippen molar-refractivity contribution < 1.29 is 19.1 Å². The van der Waals surface area contributed by atoms with Crippen LogP contribution in [0.5, 0.6) is 0 Å². The molecule has 2 saturated carbocycles. The Morgan fingerprint density at radius 2 is 0.889 bits per heavy atom. The third kappa shape index (κ3) is 5.09. The Balaban J connectivity index is 1.37. The van der Waals surface area contributed by atoms with Crippen molar-refractivity contribution in [3.8, 4) is 0 Å². The van der Waals surface area contributed by atoms with Crippen LogP contribution < -0.4 is 0 Å². The molecular weight excluding hydrogens is 448 g/mol. The second-order valence-electron chi connectivity index (χ2n) is 10.2. The zero-order valence-electron chi connectivity index (χ0n) is 20.8. The summed E-state index contributed by atoms with van der Waals surface area (Å²) in [6.45, 7) is 0. The minimum atomic E-state index is -0.618. The summed E-state index contributed by atoms with van der Waals surface area (Å²) in [6.07, 6.45) is 9.63. The molecule has 0 heterocycles. The topological polar surface area (TPSA) is 52.6 Å². The Hall–Kier alpha value is -3.40. The minimum Gasteiger partial charge on any atom is -0.451 e. The maximum absolute atomic E-state index is 13.4. The first kappa shape index (κ1) is 24.3.